The number of para-hydroxylation sites is 2. The van der Waals surface area contributed by atoms with E-state index in [9.17, 15) is 14.7 Å². The SMILES string of the molecule is COc1ccccc1N1C(=O)C(=O)/C(=C(\O)c2cc(Cl)c(OC)c(Cl)c2)C1c1ccc(C)o1. The van der Waals surface area contributed by atoms with Gasteiger partial charge in [-0.2, -0.15) is 0 Å². The van der Waals surface area contributed by atoms with Crippen molar-refractivity contribution < 1.29 is 28.6 Å². The number of Topliss-reactive ketones (excluding diaryl/α,β-unsaturated/α-hetero) is 1. The second kappa shape index (κ2) is 8.84. The molecule has 33 heavy (non-hydrogen) atoms. The fraction of sp³-hybridized carbons (Fsp3) is 0.167. The Morgan fingerprint density at radius 1 is 1.03 bits per heavy atom. The van der Waals surface area contributed by atoms with E-state index in [-0.39, 0.29) is 26.9 Å². The first kappa shape index (κ1) is 22.8. The molecule has 2 heterocycles. The van der Waals surface area contributed by atoms with Gasteiger partial charge in [0, 0.05) is 5.56 Å². The van der Waals surface area contributed by atoms with E-state index in [0.29, 0.717) is 23.0 Å². The maximum absolute atomic E-state index is 13.2. The highest BCUT2D eigenvalue weighted by atomic mass is 35.5. The number of benzene rings is 2. The molecule has 1 saturated heterocycles. The smallest absolute Gasteiger partial charge is 0.300 e. The second-order valence-electron chi connectivity index (χ2n) is 7.26. The fourth-order valence-corrected chi connectivity index (χ4v) is 4.47. The Morgan fingerprint density at radius 3 is 2.27 bits per heavy atom. The number of nitrogens with zero attached hydrogens (tertiary/aromatic N) is 1. The lowest BCUT2D eigenvalue weighted by Gasteiger charge is -2.25. The highest BCUT2D eigenvalue weighted by Crippen LogP contribution is 2.46. The van der Waals surface area contributed by atoms with E-state index in [1.807, 2.05) is 0 Å². The largest absolute Gasteiger partial charge is 0.507 e. The number of hydrogen-bond donors (Lipinski definition) is 1. The Bertz CT molecular complexity index is 1270. The van der Waals surface area contributed by atoms with Gasteiger partial charge in [0.25, 0.3) is 11.7 Å². The molecule has 7 nitrogen and oxygen atoms in total. The Labute approximate surface area is 199 Å². The molecule has 1 aliphatic rings. The Balaban J connectivity index is 1.97. The zero-order valence-electron chi connectivity index (χ0n) is 17.9. The van der Waals surface area contributed by atoms with Crippen molar-refractivity contribution in [3.63, 3.8) is 0 Å². The van der Waals surface area contributed by atoms with Gasteiger partial charge < -0.3 is 19.0 Å². The summed E-state index contributed by atoms with van der Waals surface area (Å²) in [4.78, 5) is 27.7. The molecule has 1 unspecified atom stereocenters. The molecular weight excluding hydrogens is 469 g/mol. The third-order valence-electron chi connectivity index (χ3n) is 5.30. The van der Waals surface area contributed by atoms with Crippen molar-refractivity contribution in [1.29, 1.82) is 0 Å². The minimum absolute atomic E-state index is 0.135. The number of furan rings is 1. The minimum atomic E-state index is -1.05. The lowest BCUT2D eigenvalue weighted by Crippen LogP contribution is -2.29. The molecule has 0 aliphatic carbocycles. The maximum atomic E-state index is 13.2. The van der Waals surface area contributed by atoms with Gasteiger partial charge in [-0.3, -0.25) is 14.5 Å². The Kier molecular flexibility index (Phi) is 6.10. The average molecular weight is 488 g/mol. The van der Waals surface area contributed by atoms with Gasteiger partial charge >= 0.3 is 0 Å². The number of aliphatic hydroxyl groups excluding tert-OH is 1. The minimum Gasteiger partial charge on any atom is -0.507 e. The Morgan fingerprint density at radius 2 is 1.70 bits per heavy atom. The van der Waals surface area contributed by atoms with E-state index >= 15 is 0 Å². The number of ketones is 1. The van der Waals surface area contributed by atoms with Crippen LogP contribution in [0.25, 0.3) is 5.76 Å². The summed E-state index contributed by atoms with van der Waals surface area (Å²) in [6, 6.07) is 11.9. The number of carbonyl (C=O) groups excluding carboxylic acids is 2. The molecule has 1 atom stereocenters. The summed E-state index contributed by atoms with van der Waals surface area (Å²) in [5.41, 5.74) is 0.334. The van der Waals surface area contributed by atoms with Gasteiger partial charge in [-0.25, -0.2) is 0 Å². The summed E-state index contributed by atoms with van der Waals surface area (Å²) in [6.45, 7) is 1.74. The van der Waals surface area contributed by atoms with Crippen molar-refractivity contribution in [2.24, 2.45) is 0 Å². The van der Waals surface area contributed by atoms with Crippen LogP contribution in [0.15, 0.2) is 58.5 Å². The van der Waals surface area contributed by atoms with Gasteiger partial charge in [0.1, 0.15) is 29.1 Å². The summed E-state index contributed by atoms with van der Waals surface area (Å²) in [5, 5.41) is 11.5. The average Bonchev–Trinajstić information content (AvgIpc) is 3.33. The molecule has 0 spiro atoms. The first-order chi connectivity index (χ1) is 15.8. The number of ether oxygens (including phenoxy) is 2. The van der Waals surface area contributed by atoms with E-state index in [4.69, 9.17) is 37.1 Å². The van der Waals surface area contributed by atoms with Crippen LogP contribution in [0.1, 0.15) is 23.1 Å². The predicted octanol–water partition coefficient (Wildman–Crippen LogP) is 5.54. The summed E-state index contributed by atoms with van der Waals surface area (Å²) in [5.74, 6) is -0.704. The number of halogens is 2. The maximum Gasteiger partial charge on any atom is 0.300 e. The Hall–Kier alpha value is -3.42. The van der Waals surface area contributed by atoms with Crippen LogP contribution in [0, 0.1) is 6.92 Å². The molecule has 1 N–H and O–H groups in total. The van der Waals surface area contributed by atoms with Crippen LogP contribution < -0.4 is 14.4 Å². The monoisotopic (exact) mass is 487 g/mol. The molecular formula is C24H19Cl2NO6. The number of methoxy groups -OCH3 is 2. The summed E-state index contributed by atoms with van der Waals surface area (Å²) >= 11 is 12.5. The third kappa shape index (κ3) is 3.83. The molecule has 1 aliphatic heterocycles. The standard InChI is InChI=1S/C24H19Cl2NO6/c1-12-8-9-18(33-12)20-19(21(28)13-10-14(25)23(32-3)15(26)11-13)22(29)24(30)27(20)16-6-4-5-7-17(16)31-2/h4-11,20,28H,1-3H3/b21-19-. The molecule has 1 amide bonds. The molecule has 9 heteroatoms. The van der Waals surface area contributed by atoms with Crippen molar-refractivity contribution in [3.05, 3.63) is 81.2 Å². The normalized spacial score (nSPS) is 17.5. The van der Waals surface area contributed by atoms with Crippen LogP contribution in [-0.4, -0.2) is 31.0 Å². The van der Waals surface area contributed by atoms with Crippen LogP contribution in [-0.2, 0) is 9.59 Å². The van der Waals surface area contributed by atoms with Crippen LogP contribution >= 0.6 is 23.2 Å². The number of rotatable bonds is 5. The molecule has 0 bridgehead atoms. The van der Waals surface area contributed by atoms with Gasteiger partial charge in [0.05, 0.1) is 35.5 Å². The molecule has 0 saturated carbocycles. The first-order valence-electron chi connectivity index (χ1n) is 9.82. The van der Waals surface area contributed by atoms with Crippen molar-refractivity contribution in [3.8, 4) is 11.5 Å². The zero-order valence-corrected chi connectivity index (χ0v) is 19.4. The number of hydrogen-bond acceptors (Lipinski definition) is 6. The summed E-state index contributed by atoms with van der Waals surface area (Å²) in [6.07, 6.45) is 0. The van der Waals surface area contributed by atoms with Crippen LogP contribution in [0.3, 0.4) is 0 Å². The third-order valence-corrected chi connectivity index (χ3v) is 5.86. The van der Waals surface area contributed by atoms with Crippen LogP contribution in [0.4, 0.5) is 5.69 Å². The number of amides is 1. The van der Waals surface area contributed by atoms with Crippen molar-refractivity contribution in [2.75, 3.05) is 19.1 Å². The van der Waals surface area contributed by atoms with Crippen LogP contribution in [0.2, 0.25) is 10.0 Å². The molecule has 170 valence electrons. The molecule has 2 aromatic carbocycles. The molecule has 4 rings (SSSR count). The quantitative estimate of drug-likeness (QED) is 0.288. The van der Waals surface area contributed by atoms with Crippen LogP contribution in [0.5, 0.6) is 11.5 Å². The summed E-state index contributed by atoms with van der Waals surface area (Å²) < 4.78 is 16.3. The highest BCUT2D eigenvalue weighted by Gasteiger charge is 2.49. The predicted molar refractivity (Wildman–Crippen MR) is 124 cm³/mol. The van der Waals surface area contributed by atoms with Crippen molar-refractivity contribution in [1.82, 2.24) is 0 Å². The first-order valence-corrected chi connectivity index (χ1v) is 10.6. The number of anilines is 1. The number of aliphatic hydroxyl groups is 1. The lowest BCUT2D eigenvalue weighted by molar-refractivity contribution is -0.132. The van der Waals surface area contributed by atoms with Gasteiger partial charge in [0.15, 0.2) is 5.75 Å². The van der Waals surface area contributed by atoms with E-state index in [0.717, 1.165) is 0 Å². The molecule has 1 aromatic heterocycles. The lowest BCUT2D eigenvalue weighted by atomic mass is 9.99. The topological polar surface area (TPSA) is 89.2 Å². The van der Waals surface area contributed by atoms with E-state index < -0.39 is 23.5 Å². The van der Waals surface area contributed by atoms with E-state index in [1.54, 1.807) is 43.3 Å². The van der Waals surface area contributed by atoms with E-state index in [2.05, 4.69) is 0 Å². The fourth-order valence-electron chi connectivity index (χ4n) is 3.83. The number of aryl methyl sites for hydroxylation is 1. The van der Waals surface area contributed by atoms with Gasteiger partial charge in [-0.05, 0) is 43.3 Å². The second-order valence-corrected chi connectivity index (χ2v) is 8.08. The van der Waals surface area contributed by atoms with Crippen molar-refractivity contribution in [2.45, 2.75) is 13.0 Å². The molecule has 3 aromatic rings. The molecule has 0 radical (unpaired) electrons. The zero-order chi connectivity index (χ0) is 23.9. The van der Waals surface area contributed by atoms with Gasteiger partial charge in [-0.15, -0.1) is 0 Å². The number of carbonyl (C=O) groups is 2. The van der Waals surface area contributed by atoms with Gasteiger partial charge in [0.2, 0.25) is 0 Å². The van der Waals surface area contributed by atoms with Gasteiger partial charge in [-0.1, -0.05) is 35.3 Å². The molecule has 1 fully saturated rings. The van der Waals surface area contributed by atoms with Crippen molar-refractivity contribution >= 4 is 46.3 Å². The highest BCUT2D eigenvalue weighted by molar-refractivity contribution is 6.52. The van der Waals surface area contributed by atoms with E-state index in [1.165, 1.54) is 31.3 Å². The summed E-state index contributed by atoms with van der Waals surface area (Å²) in [7, 11) is 2.87.